The van der Waals surface area contributed by atoms with Gasteiger partial charge in [-0.1, -0.05) is 0 Å². The van der Waals surface area contributed by atoms with Gasteiger partial charge in [0.25, 0.3) is 5.69 Å². The molecule has 0 fully saturated rings. The van der Waals surface area contributed by atoms with Gasteiger partial charge in [-0.15, -0.1) is 0 Å². The second-order valence-corrected chi connectivity index (χ2v) is 3.97. The average molecular weight is 267 g/mol. The van der Waals surface area contributed by atoms with E-state index in [0.29, 0.717) is 17.9 Å². The van der Waals surface area contributed by atoms with Gasteiger partial charge in [0.1, 0.15) is 5.75 Å². The fourth-order valence-corrected chi connectivity index (χ4v) is 1.59. The van der Waals surface area contributed by atoms with Crippen LogP contribution in [-0.4, -0.2) is 31.0 Å². The molecule has 104 valence electrons. The molecule has 0 aliphatic carbocycles. The van der Waals surface area contributed by atoms with Gasteiger partial charge in [-0.3, -0.25) is 14.9 Å². The molecule has 0 radical (unpaired) electrons. The summed E-state index contributed by atoms with van der Waals surface area (Å²) in [5.41, 5.74) is 0.623. The van der Waals surface area contributed by atoms with Crippen LogP contribution in [0.25, 0.3) is 0 Å². The third-order valence-corrected chi connectivity index (χ3v) is 2.71. The zero-order valence-corrected chi connectivity index (χ0v) is 11.1. The number of hydrogen-bond donors (Lipinski definition) is 2. The van der Waals surface area contributed by atoms with Gasteiger partial charge in [0.05, 0.1) is 18.1 Å². The van der Waals surface area contributed by atoms with Crippen LogP contribution in [0.5, 0.6) is 5.75 Å². The number of nitrogens with zero attached hydrogens (tertiary/aromatic N) is 1. The number of non-ortho nitro benzene ring substituents is 1. The number of hydrogen-bond acceptors (Lipinski definition) is 5. The van der Waals surface area contributed by atoms with Crippen LogP contribution < -0.4 is 15.4 Å². The van der Waals surface area contributed by atoms with E-state index in [-0.39, 0.29) is 11.6 Å². The lowest BCUT2D eigenvalue weighted by Crippen LogP contribution is -2.40. The summed E-state index contributed by atoms with van der Waals surface area (Å²) in [6.45, 7) is 2.02. The number of ether oxygens (including phenoxy) is 1. The molecule has 1 atom stereocenters. The van der Waals surface area contributed by atoms with E-state index in [1.54, 1.807) is 20.0 Å². The number of nitrogens with one attached hydrogen (secondary N) is 2. The molecule has 1 unspecified atom stereocenters. The summed E-state index contributed by atoms with van der Waals surface area (Å²) in [7, 11) is 3.04. The first-order chi connectivity index (χ1) is 8.99. The van der Waals surface area contributed by atoms with Gasteiger partial charge in [0.15, 0.2) is 0 Å². The molecular weight excluding hydrogens is 250 g/mol. The van der Waals surface area contributed by atoms with E-state index in [2.05, 4.69) is 10.6 Å². The molecule has 0 saturated heterocycles. The summed E-state index contributed by atoms with van der Waals surface area (Å²) in [5.74, 6) is 0.395. The van der Waals surface area contributed by atoms with E-state index in [0.717, 1.165) is 0 Å². The van der Waals surface area contributed by atoms with E-state index < -0.39 is 11.0 Å². The summed E-state index contributed by atoms with van der Waals surface area (Å²) >= 11 is 0. The minimum Gasteiger partial charge on any atom is -0.496 e. The van der Waals surface area contributed by atoms with Gasteiger partial charge >= 0.3 is 0 Å². The van der Waals surface area contributed by atoms with Crippen LogP contribution in [0.2, 0.25) is 0 Å². The smallest absolute Gasteiger partial charge is 0.270 e. The van der Waals surface area contributed by atoms with Crippen molar-refractivity contribution in [2.24, 2.45) is 0 Å². The maximum Gasteiger partial charge on any atom is 0.270 e. The molecule has 0 saturated carbocycles. The Hall–Kier alpha value is -2.15. The van der Waals surface area contributed by atoms with Crippen molar-refractivity contribution in [3.05, 3.63) is 33.9 Å². The number of nitro benzene ring substituents is 1. The number of carbonyl (C=O) groups excluding carboxylic acids is 1. The average Bonchev–Trinajstić information content (AvgIpc) is 2.43. The zero-order chi connectivity index (χ0) is 14.4. The third-order valence-electron chi connectivity index (χ3n) is 2.71. The van der Waals surface area contributed by atoms with Gasteiger partial charge in [-0.05, 0) is 13.0 Å². The fourth-order valence-electron chi connectivity index (χ4n) is 1.59. The van der Waals surface area contributed by atoms with Crippen molar-refractivity contribution >= 4 is 11.6 Å². The Bertz CT molecular complexity index is 476. The van der Waals surface area contributed by atoms with Crippen LogP contribution >= 0.6 is 0 Å². The van der Waals surface area contributed by atoms with Crippen LogP contribution in [0.3, 0.4) is 0 Å². The van der Waals surface area contributed by atoms with Gasteiger partial charge in [-0.25, -0.2) is 0 Å². The molecule has 7 nitrogen and oxygen atoms in total. The van der Waals surface area contributed by atoms with Crippen molar-refractivity contribution in [2.45, 2.75) is 19.5 Å². The van der Waals surface area contributed by atoms with Crippen LogP contribution in [0.15, 0.2) is 18.2 Å². The number of benzene rings is 1. The van der Waals surface area contributed by atoms with Crippen molar-refractivity contribution in [3.63, 3.8) is 0 Å². The predicted octanol–water partition coefficient (Wildman–Crippen LogP) is 0.827. The lowest BCUT2D eigenvalue weighted by molar-refractivity contribution is -0.384. The standard InChI is InChI=1S/C12H17N3O4/c1-8(12(16)13-2)14-7-9-6-10(15(17)18)4-5-11(9)19-3/h4-6,8,14H,7H2,1-3H3,(H,13,16). The molecule has 1 amide bonds. The van der Waals surface area contributed by atoms with Crippen LogP contribution in [0.4, 0.5) is 5.69 Å². The molecular formula is C12H17N3O4. The lowest BCUT2D eigenvalue weighted by Gasteiger charge is -2.14. The molecule has 1 aromatic rings. The topological polar surface area (TPSA) is 93.5 Å². The number of likely N-dealkylation sites (N-methyl/N-ethyl adjacent to an activating group) is 1. The maximum atomic E-state index is 11.3. The van der Waals surface area contributed by atoms with Crippen LogP contribution in [0.1, 0.15) is 12.5 Å². The SMILES string of the molecule is CNC(=O)C(C)NCc1cc([N+](=O)[O-])ccc1OC. The molecule has 1 aromatic carbocycles. The Morgan fingerprint density at radius 3 is 2.74 bits per heavy atom. The van der Waals surface area contributed by atoms with E-state index in [1.165, 1.54) is 19.2 Å². The van der Waals surface area contributed by atoms with Crippen molar-refractivity contribution in [3.8, 4) is 5.75 Å². The van der Waals surface area contributed by atoms with Crippen molar-refractivity contribution in [2.75, 3.05) is 14.2 Å². The quantitative estimate of drug-likeness (QED) is 0.588. The highest BCUT2D eigenvalue weighted by atomic mass is 16.6. The lowest BCUT2D eigenvalue weighted by atomic mass is 10.1. The first-order valence-electron chi connectivity index (χ1n) is 5.76. The number of amides is 1. The summed E-state index contributed by atoms with van der Waals surface area (Å²) in [6.07, 6.45) is 0. The Kier molecular flexibility index (Phi) is 5.25. The number of methoxy groups -OCH3 is 1. The minimum absolute atomic E-state index is 0.00908. The van der Waals surface area contributed by atoms with Crippen molar-refractivity contribution < 1.29 is 14.5 Å². The second-order valence-electron chi connectivity index (χ2n) is 3.97. The van der Waals surface area contributed by atoms with E-state index >= 15 is 0 Å². The van der Waals surface area contributed by atoms with Crippen molar-refractivity contribution in [1.29, 1.82) is 0 Å². The molecule has 0 bridgehead atoms. The molecule has 1 rings (SSSR count). The normalized spacial score (nSPS) is 11.7. The van der Waals surface area contributed by atoms with E-state index in [4.69, 9.17) is 4.74 Å². The fraction of sp³-hybridized carbons (Fsp3) is 0.417. The molecule has 2 N–H and O–H groups in total. The molecule has 0 aliphatic heterocycles. The molecule has 0 aromatic heterocycles. The van der Waals surface area contributed by atoms with E-state index in [1.807, 2.05) is 0 Å². The first kappa shape index (κ1) is 14.9. The Morgan fingerprint density at radius 2 is 2.21 bits per heavy atom. The highest BCUT2D eigenvalue weighted by Gasteiger charge is 2.14. The molecule has 7 heteroatoms. The summed E-state index contributed by atoms with van der Waals surface area (Å²) < 4.78 is 5.14. The summed E-state index contributed by atoms with van der Waals surface area (Å²) in [5, 5.41) is 16.2. The Morgan fingerprint density at radius 1 is 1.53 bits per heavy atom. The van der Waals surface area contributed by atoms with Gasteiger partial charge in [0.2, 0.25) is 5.91 Å². The molecule has 0 aliphatic rings. The summed E-state index contributed by atoms with van der Waals surface area (Å²) in [4.78, 5) is 21.6. The molecule has 0 spiro atoms. The minimum atomic E-state index is -0.467. The van der Waals surface area contributed by atoms with Crippen LogP contribution in [0, 0.1) is 10.1 Å². The zero-order valence-electron chi connectivity index (χ0n) is 11.1. The van der Waals surface area contributed by atoms with Gasteiger partial charge in [0, 0.05) is 31.3 Å². The number of carbonyl (C=O) groups is 1. The van der Waals surface area contributed by atoms with Gasteiger partial charge < -0.3 is 15.4 Å². The Labute approximate surface area is 111 Å². The largest absolute Gasteiger partial charge is 0.496 e. The predicted molar refractivity (Wildman–Crippen MR) is 70.0 cm³/mol. The Balaban J connectivity index is 2.83. The first-order valence-corrected chi connectivity index (χ1v) is 5.76. The molecule has 0 heterocycles. The van der Waals surface area contributed by atoms with Crippen molar-refractivity contribution in [1.82, 2.24) is 10.6 Å². The second kappa shape index (κ2) is 6.69. The third kappa shape index (κ3) is 3.92. The number of nitro groups is 1. The summed E-state index contributed by atoms with van der Waals surface area (Å²) in [6, 6.07) is 3.96. The van der Waals surface area contributed by atoms with E-state index in [9.17, 15) is 14.9 Å². The van der Waals surface area contributed by atoms with Gasteiger partial charge in [-0.2, -0.15) is 0 Å². The monoisotopic (exact) mass is 267 g/mol. The highest BCUT2D eigenvalue weighted by molar-refractivity contribution is 5.80. The molecule has 19 heavy (non-hydrogen) atoms. The maximum absolute atomic E-state index is 11.3. The van der Waals surface area contributed by atoms with Crippen LogP contribution in [-0.2, 0) is 11.3 Å². The number of rotatable bonds is 6. The highest BCUT2D eigenvalue weighted by Crippen LogP contribution is 2.23.